The number of carbonyl (C=O) groups excluding carboxylic acids is 1. The molecule has 0 saturated carbocycles. The summed E-state index contributed by atoms with van der Waals surface area (Å²) >= 11 is 0. The largest absolute Gasteiger partial charge is 0.375 e. The van der Waals surface area contributed by atoms with Crippen molar-refractivity contribution in [2.45, 2.75) is 31.4 Å². The molecule has 2 aliphatic heterocycles. The summed E-state index contributed by atoms with van der Waals surface area (Å²) in [6, 6.07) is 0.408. The number of rotatable bonds is 3. The first-order valence-corrected chi connectivity index (χ1v) is 6.93. The standard InChI is InChI=1S/C13H25N3O2/c1-15-6-3-11(4-7-15)16(2)13(17)9-12-10-14-5-8-18-12/h11-12,14H,3-10H2,1-2H3. The Kier molecular flexibility index (Phi) is 4.97. The van der Waals surface area contributed by atoms with Crippen molar-refractivity contribution in [3.8, 4) is 0 Å². The fourth-order valence-corrected chi connectivity index (χ4v) is 2.68. The minimum absolute atomic E-state index is 0.0555. The van der Waals surface area contributed by atoms with E-state index in [-0.39, 0.29) is 12.0 Å². The summed E-state index contributed by atoms with van der Waals surface area (Å²) in [7, 11) is 4.08. The third-order valence-electron chi connectivity index (χ3n) is 4.04. The molecule has 0 spiro atoms. The maximum atomic E-state index is 12.2. The van der Waals surface area contributed by atoms with E-state index in [9.17, 15) is 4.79 Å². The lowest BCUT2D eigenvalue weighted by molar-refractivity contribution is -0.136. The van der Waals surface area contributed by atoms with Crippen LogP contribution in [0.15, 0.2) is 0 Å². The molecule has 0 radical (unpaired) electrons. The third kappa shape index (κ3) is 3.67. The zero-order valence-electron chi connectivity index (χ0n) is 11.5. The SMILES string of the molecule is CN1CCC(N(C)C(=O)CC2CNCCO2)CC1. The van der Waals surface area contributed by atoms with Crippen molar-refractivity contribution in [3.05, 3.63) is 0 Å². The van der Waals surface area contributed by atoms with Gasteiger partial charge in [0.05, 0.1) is 19.1 Å². The summed E-state index contributed by atoms with van der Waals surface area (Å²) in [5.74, 6) is 0.221. The Morgan fingerprint density at radius 3 is 2.78 bits per heavy atom. The molecule has 1 N–H and O–H groups in total. The van der Waals surface area contributed by atoms with Gasteiger partial charge < -0.3 is 19.9 Å². The predicted octanol–water partition coefficient (Wildman–Crippen LogP) is -0.0825. The Morgan fingerprint density at radius 2 is 2.17 bits per heavy atom. The molecular formula is C13H25N3O2. The Labute approximate surface area is 109 Å². The molecule has 2 aliphatic rings. The number of nitrogens with one attached hydrogen (secondary N) is 1. The van der Waals surface area contributed by atoms with E-state index >= 15 is 0 Å². The van der Waals surface area contributed by atoms with Gasteiger partial charge in [0.1, 0.15) is 0 Å². The number of carbonyl (C=O) groups is 1. The van der Waals surface area contributed by atoms with Crippen LogP contribution in [0.3, 0.4) is 0 Å². The van der Waals surface area contributed by atoms with Crippen molar-refractivity contribution in [2.75, 3.05) is 46.9 Å². The lowest BCUT2D eigenvalue weighted by atomic mass is 10.0. The van der Waals surface area contributed by atoms with Crippen molar-refractivity contribution in [3.63, 3.8) is 0 Å². The third-order valence-corrected chi connectivity index (χ3v) is 4.04. The molecule has 1 unspecified atom stereocenters. The molecule has 0 aromatic heterocycles. The van der Waals surface area contributed by atoms with Gasteiger partial charge >= 0.3 is 0 Å². The molecule has 0 bridgehead atoms. The average molecular weight is 255 g/mol. The second-order valence-electron chi connectivity index (χ2n) is 5.44. The fourth-order valence-electron chi connectivity index (χ4n) is 2.68. The number of ether oxygens (including phenoxy) is 1. The Bertz CT molecular complexity index is 271. The van der Waals surface area contributed by atoms with Crippen molar-refractivity contribution in [1.82, 2.24) is 15.1 Å². The van der Waals surface area contributed by atoms with E-state index in [1.54, 1.807) is 0 Å². The predicted molar refractivity (Wildman–Crippen MR) is 70.5 cm³/mol. The Morgan fingerprint density at radius 1 is 1.44 bits per heavy atom. The average Bonchev–Trinajstić information content (AvgIpc) is 2.40. The molecule has 0 aliphatic carbocycles. The molecule has 0 aromatic rings. The first-order chi connectivity index (χ1) is 8.66. The van der Waals surface area contributed by atoms with Crippen LogP contribution in [-0.4, -0.2) is 74.7 Å². The number of morpholine rings is 1. The number of piperidine rings is 1. The van der Waals surface area contributed by atoms with Crippen LogP contribution in [0.25, 0.3) is 0 Å². The van der Waals surface area contributed by atoms with E-state index in [0.717, 1.165) is 45.6 Å². The van der Waals surface area contributed by atoms with E-state index in [1.165, 1.54) is 0 Å². The number of likely N-dealkylation sites (tertiary alicyclic amines) is 1. The van der Waals surface area contributed by atoms with Gasteiger partial charge in [-0.1, -0.05) is 0 Å². The van der Waals surface area contributed by atoms with E-state index in [2.05, 4.69) is 17.3 Å². The molecule has 18 heavy (non-hydrogen) atoms. The van der Waals surface area contributed by atoms with Gasteiger partial charge in [-0.25, -0.2) is 0 Å². The summed E-state index contributed by atoms with van der Waals surface area (Å²) in [5.41, 5.74) is 0. The molecule has 1 amide bonds. The van der Waals surface area contributed by atoms with Crippen LogP contribution in [0.2, 0.25) is 0 Å². The molecule has 5 heteroatoms. The summed E-state index contributed by atoms with van der Waals surface area (Å²) < 4.78 is 5.58. The topological polar surface area (TPSA) is 44.8 Å². The van der Waals surface area contributed by atoms with Crippen LogP contribution in [0, 0.1) is 0 Å². The van der Waals surface area contributed by atoms with Crippen LogP contribution in [0.4, 0.5) is 0 Å². The summed E-state index contributed by atoms with van der Waals surface area (Å²) in [4.78, 5) is 16.5. The normalized spacial score (nSPS) is 27.1. The van der Waals surface area contributed by atoms with Crippen molar-refractivity contribution in [1.29, 1.82) is 0 Å². The molecule has 2 saturated heterocycles. The first-order valence-electron chi connectivity index (χ1n) is 6.93. The summed E-state index contributed by atoms with van der Waals surface area (Å²) in [6.45, 7) is 4.59. The highest BCUT2D eigenvalue weighted by Gasteiger charge is 2.26. The van der Waals surface area contributed by atoms with Crippen LogP contribution in [-0.2, 0) is 9.53 Å². The molecular weight excluding hydrogens is 230 g/mol. The molecule has 2 rings (SSSR count). The van der Waals surface area contributed by atoms with Crippen molar-refractivity contribution >= 4 is 5.91 Å². The van der Waals surface area contributed by atoms with Crippen LogP contribution in [0.1, 0.15) is 19.3 Å². The lowest BCUT2D eigenvalue weighted by Crippen LogP contribution is -2.47. The maximum Gasteiger partial charge on any atom is 0.225 e. The van der Waals surface area contributed by atoms with Crippen molar-refractivity contribution in [2.24, 2.45) is 0 Å². The molecule has 104 valence electrons. The van der Waals surface area contributed by atoms with E-state index in [1.807, 2.05) is 11.9 Å². The highest BCUT2D eigenvalue weighted by Crippen LogP contribution is 2.16. The van der Waals surface area contributed by atoms with Crippen LogP contribution in [0.5, 0.6) is 0 Å². The number of hydrogen-bond donors (Lipinski definition) is 1. The second kappa shape index (κ2) is 6.50. The summed E-state index contributed by atoms with van der Waals surface area (Å²) in [5, 5.41) is 3.26. The molecule has 5 nitrogen and oxygen atoms in total. The molecule has 1 atom stereocenters. The number of amides is 1. The number of nitrogens with zero attached hydrogens (tertiary/aromatic N) is 2. The van der Waals surface area contributed by atoms with Gasteiger partial charge in [0.25, 0.3) is 0 Å². The van der Waals surface area contributed by atoms with Crippen LogP contribution < -0.4 is 5.32 Å². The zero-order chi connectivity index (χ0) is 13.0. The second-order valence-corrected chi connectivity index (χ2v) is 5.44. The number of hydrogen-bond acceptors (Lipinski definition) is 4. The van der Waals surface area contributed by atoms with E-state index < -0.39 is 0 Å². The van der Waals surface area contributed by atoms with Gasteiger partial charge in [-0.15, -0.1) is 0 Å². The Balaban J connectivity index is 1.77. The van der Waals surface area contributed by atoms with Gasteiger partial charge in [0.2, 0.25) is 5.91 Å². The van der Waals surface area contributed by atoms with Gasteiger partial charge in [-0.3, -0.25) is 4.79 Å². The van der Waals surface area contributed by atoms with Gasteiger partial charge in [0, 0.05) is 26.2 Å². The lowest BCUT2D eigenvalue weighted by Gasteiger charge is -2.36. The zero-order valence-corrected chi connectivity index (χ0v) is 11.5. The maximum absolute atomic E-state index is 12.2. The quantitative estimate of drug-likeness (QED) is 0.766. The van der Waals surface area contributed by atoms with Gasteiger partial charge in [0.15, 0.2) is 0 Å². The van der Waals surface area contributed by atoms with E-state index in [0.29, 0.717) is 12.5 Å². The molecule has 2 heterocycles. The molecule has 0 aromatic carbocycles. The minimum atomic E-state index is 0.0555. The fraction of sp³-hybridized carbons (Fsp3) is 0.923. The van der Waals surface area contributed by atoms with Gasteiger partial charge in [-0.2, -0.15) is 0 Å². The van der Waals surface area contributed by atoms with Crippen LogP contribution >= 0.6 is 0 Å². The van der Waals surface area contributed by atoms with Crippen molar-refractivity contribution < 1.29 is 9.53 Å². The molecule has 2 fully saturated rings. The highest BCUT2D eigenvalue weighted by molar-refractivity contribution is 5.76. The first kappa shape index (κ1) is 13.8. The monoisotopic (exact) mass is 255 g/mol. The van der Waals surface area contributed by atoms with E-state index in [4.69, 9.17) is 4.74 Å². The summed E-state index contributed by atoms with van der Waals surface area (Å²) in [6.07, 6.45) is 2.74. The Hall–Kier alpha value is -0.650. The smallest absolute Gasteiger partial charge is 0.225 e. The minimum Gasteiger partial charge on any atom is -0.375 e. The highest BCUT2D eigenvalue weighted by atomic mass is 16.5. The van der Waals surface area contributed by atoms with Gasteiger partial charge in [-0.05, 0) is 33.0 Å².